The Bertz CT molecular complexity index is 283. The summed E-state index contributed by atoms with van der Waals surface area (Å²) in [7, 11) is 0. The van der Waals surface area contributed by atoms with E-state index in [-0.39, 0.29) is 0 Å². The van der Waals surface area contributed by atoms with Crippen molar-refractivity contribution in [1.82, 2.24) is 9.55 Å². The van der Waals surface area contributed by atoms with Gasteiger partial charge in [-0.05, 0) is 11.8 Å². The quantitative estimate of drug-likeness (QED) is 0.755. The molecule has 1 aromatic heterocycles. The Balaban J connectivity index is 2.53. The van der Waals surface area contributed by atoms with Gasteiger partial charge in [-0.25, -0.2) is 4.98 Å². The van der Waals surface area contributed by atoms with Crippen LogP contribution in [-0.4, -0.2) is 16.1 Å². The van der Waals surface area contributed by atoms with Gasteiger partial charge in [0.25, 0.3) is 0 Å². The number of anilines is 1. The van der Waals surface area contributed by atoms with Crippen molar-refractivity contribution < 1.29 is 0 Å². The van der Waals surface area contributed by atoms with Crippen molar-refractivity contribution >= 4 is 5.95 Å². The van der Waals surface area contributed by atoms with Gasteiger partial charge < -0.3 is 9.88 Å². The van der Waals surface area contributed by atoms with E-state index in [2.05, 4.69) is 42.6 Å². The van der Waals surface area contributed by atoms with Crippen LogP contribution in [0.1, 0.15) is 40.5 Å². The van der Waals surface area contributed by atoms with E-state index in [1.54, 1.807) is 0 Å². The first-order valence-corrected chi connectivity index (χ1v) is 5.78. The molecule has 0 atom stereocenters. The van der Waals surface area contributed by atoms with Gasteiger partial charge in [-0.1, -0.05) is 34.1 Å². The maximum absolute atomic E-state index is 4.32. The van der Waals surface area contributed by atoms with Crippen LogP contribution in [0.5, 0.6) is 0 Å². The van der Waals surface area contributed by atoms with Crippen LogP contribution in [-0.2, 0) is 6.54 Å². The van der Waals surface area contributed by atoms with Crippen molar-refractivity contribution in [1.29, 1.82) is 0 Å². The number of aromatic nitrogens is 2. The van der Waals surface area contributed by atoms with Crippen molar-refractivity contribution in [2.24, 2.45) is 5.41 Å². The molecule has 15 heavy (non-hydrogen) atoms. The zero-order valence-corrected chi connectivity index (χ0v) is 10.4. The van der Waals surface area contributed by atoms with Gasteiger partial charge in [-0.3, -0.25) is 0 Å². The highest BCUT2D eigenvalue weighted by molar-refractivity contribution is 5.25. The highest BCUT2D eigenvalue weighted by Crippen LogP contribution is 2.18. The molecule has 0 aliphatic carbocycles. The van der Waals surface area contributed by atoms with Crippen LogP contribution in [0, 0.1) is 5.41 Å². The Kier molecular flexibility index (Phi) is 4.18. The smallest absolute Gasteiger partial charge is 0.202 e. The monoisotopic (exact) mass is 209 g/mol. The minimum Gasteiger partial charge on any atom is -0.356 e. The molecule has 3 nitrogen and oxygen atoms in total. The van der Waals surface area contributed by atoms with Gasteiger partial charge in [0, 0.05) is 25.5 Å². The molecule has 0 saturated heterocycles. The molecule has 0 fully saturated rings. The second-order valence-corrected chi connectivity index (χ2v) is 5.22. The average Bonchev–Trinajstić information content (AvgIpc) is 2.50. The van der Waals surface area contributed by atoms with Crippen LogP contribution in [0.2, 0.25) is 0 Å². The molecule has 0 radical (unpaired) electrons. The predicted octanol–water partition coefficient (Wildman–Crippen LogP) is 3.14. The molecule has 0 aromatic carbocycles. The molecule has 1 N–H and O–H groups in total. The predicted molar refractivity (Wildman–Crippen MR) is 65.1 cm³/mol. The fourth-order valence-electron chi connectivity index (χ4n) is 1.49. The van der Waals surface area contributed by atoms with Crippen molar-refractivity contribution in [3.63, 3.8) is 0 Å². The van der Waals surface area contributed by atoms with E-state index in [0.29, 0.717) is 5.41 Å². The maximum Gasteiger partial charge on any atom is 0.202 e. The number of nitrogens with zero attached hydrogens (tertiary/aromatic N) is 2. The Morgan fingerprint density at radius 3 is 2.73 bits per heavy atom. The number of hydrogen-bond donors (Lipinski definition) is 1. The molecule has 1 heterocycles. The Hall–Kier alpha value is -0.990. The molecule has 1 rings (SSSR count). The Morgan fingerprint density at radius 1 is 1.40 bits per heavy atom. The van der Waals surface area contributed by atoms with E-state index >= 15 is 0 Å². The van der Waals surface area contributed by atoms with Crippen LogP contribution >= 0.6 is 0 Å². The lowest BCUT2D eigenvalue weighted by molar-refractivity contribution is 0.345. The van der Waals surface area contributed by atoms with E-state index in [0.717, 1.165) is 19.0 Å². The summed E-state index contributed by atoms with van der Waals surface area (Å²) in [5.74, 6) is 0.998. The first-order chi connectivity index (χ1) is 7.03. The summed E-state index contributed by atoms with van der Waals surface area (Å²) in [6.07, 6.45) is 6.31. The van der Waals surface area contributed by atoms with Crippen LogP contribution in [0.15, 0.2) is 12.4 Å². The fraction of sp³-hybridized carbons (Fsp3) is 0.750. The molecule has 0 unspecified atom stereocenters. The van der Waals surface area contributed by atoms with Crippen LogP contribution in [0.4, 0.5) is 5.95 Å². The summed E-state index contributed by atoms with van der Waals surface area (Å²) in [6, 6.07) is 0. The number of rotatable bonds is 5. The van der Waals surface area contributed by atoms with E-state index in [1.165, 1.54) is 12.8 Å². The van der Waals surface area contributed by atoms with Crippen LogP contribution in [0.3, 0.4) is 0 Å². The van der Waals surface area contributed by atoms with E-state index < -0.39 is 0 Å². The number of unbranched alkanes of at least 4 members (excludes halogenated alkanes) is 1. The largest absolute Gasteiger partial charge is 0.356 e. The average molecular weight is 209 g/mol. The molecule has 0 saturated carbocycles. The highest BCUT2D eigenvalue weighted by atomic mass is 15.2. The minimum atomic E-state index is 0.294. The molecule has 1 aromatic rings. The molecule has 86 valence electrons. The summed E-state index contributed by atoms with van der Waals surface area (Å²) < 4.78 is 2.19. The molecule has 0 aliphatic rings. The summed E-state index contributed by atoms with van der Waals surface area (Å²) in [5.41, 5.74) is 0.294. The van der Waals surface area contributed by atoms with Gasteiger partial charge in [0.05, 0.1) is 0 Å². The van der Waals surface area contributed by atoms with Gasteiger partial charge in [0.15, 0.2) is 0 Å². The zero-order valence-electron chi connectivity index (χ0n) is 10.4. The van der Waals surface area contributed by atoms with Crippen molar-refractivity contribution in [3.05, 3.63) is 12.4 Å². The molecule has 0 spiro atoms. The maximum atomic E-state index is 4.32. The SMILES string of the molecule is CCCCNc1nccn1CC(C)(C)C. The van der Waals surface area contributed by atoms with Crippen molar-refractivity contribution in [3.8, 4) is 0 Å². The lowest BCUT2D eigenvalue weighted by atomic mass is 9.97. The van der Waals surface area contributed by atoms with E-state index in [4.69, 9.17) is 0 Å². The first kappa shape index (κ1) is 12.1. The van der Waals surface area contributed by atoms with Gasteiger partial charge in [-0.15, -0.1) is 0 Å². The summed E-state index contributed by atoms with van der Waals surface area (Å²) in [4.78, 5) is 4.32. The van der Waals surface area contributed by atoms with Gasteiger partial charge >= 0.3 is 0 Å². The number of hydrogen-bond acceptors (Lipinski definition) is 2. The Morgan fingerprint density at radius 2 is 2.13 bits per heavy atom. The molecule has 3 heteroatoms. The first-order valence-electron chi connectivity index (χ1n) is 5.78. The highest BCUT2D eigenvalue weighted by Gasteiger charge is 2.13. The normalized spacial score (nSPS) is 11.7. The van der Waals surface area contributed by atoms with Gasteiger partial charge in [0.1, 0.15) is 0 Å². The second kappa shape index (κ2) is 5.19. The standard InChI is InChI=1S/C12H23N3/c1-5-6-7-13-11-14-8-9-15(11)10-12(2,3)4/h8-9H,5-7,10H2,1-4H3,(H,13,14). The summed E-state index contributed by atoms with van der Waals surface area (Å²) in [6.45, 7) is 10.9. The molecule has 0 amide bonds. The zero-order chi connectivity index (χ0) is 11.3. The minimum absolute atomic E-state index is 0.294. The molecular formula is C12H23N3. The fourth-order valence-corrected chi connectivity index (χ4v) is 1.49. The molecule has 0 aliphatic heterocycles. The molecule has 0 bridgehead atoms. The van der Waals surface area contributed by atoms with E-state index in [1.807, 2.05) is 12.4 Å². The topological polar surface area (TPSA) is 29.9 Å². The summed E-state index contributed by atoms with van der Waals surface area (Å²) in [5, 5.41) is 3.37. The van der Waals surface area contributed by atoms with E-state index in [9.17, 15) is 0 Å². The third-order valence-corrected chi connectivity index (χ3v) is 2.17. The van der Waals surface area contributed by atoms with Crippen LogP contribution in [0.25, 0.3) is 0 Å². The lowest BCUT2D eigenvalue weighted by Gasteiger charge is -2.20. The number of nitrogens with one attached hydrogen (secondary N) is 1. The van der Waals surface area contributed by atoms with Gasteiger partial charge in [0.2, 0.25) is 5.95 Å². The molecular weight excluding hydrogens is 186 g/mol. The third kappa shape index (κ3) is 4.36. The third-order valence-electron chi connectivity index (χ3n) is 2.17. The van der Waals surface area contributed by atoms with Crippen molar-refractivity contribution in [2.45, 2.75) is 47.1 Å². The lowest BCUT2D eigenvalue weighted by Crippen LogP contribution is -2.17. The summed E-state index contributed by atoms with van der Waals surface area (Å²) >= 11 is 0. The number of imidazole rings is 1. The van der Waals surface area contributed by atoms with Crippen LogP contribution < -0.4 is 5.32 Å². The van der Waals surface area contributed by atoms with Gasteiger partial charge in [-0.2, -0.15) is 0 Å². The second-order valence-electron chi connectivity index (χ2n) is 5.22. The Labute approximate surface area is 92.9 Å². The van der Waals surface area contributed by atoms with Crippen molar-refractivity contribution in [2.75, 3.05) is 11.9 Å².